The second-order valence-electron chi connectivity index (χ2n) is 8.10. The van der Waals surface area contributed by atoms with Crippen molar-refractivity contribution in [3.8, 4) is 0 Å². The van der Waals surface area contributed by atoms with E-state index in [1.807, 2.05) is 30.6 Å². The molecule has 30 heavy (non-hydrogen) atoms. The molecule has 2 unspecified atom stereocenters. The Bertz CT molecular complexity index is 982. The van der Waals surface area contributed by atoms with Crippen molar-refractivity contribution >= 4 is 16.8 Å². The number of carbonyl (C=O) groups is 1. The van der Waals surface area contributed by atoms with Crippen molar-refractivity contribution in [3.63, 3.8) is 0 Å². The molecule has 2 atom stereocenters. The number of aryl methyl sites for hydroxylation is 1. The fourth-order valence-corrected chi connectivity index (χ4v) is 4.33. The Morgan fingerprint density at radius 1 is 1.23 bits per heavy atom. The quantitative estimate of drug-likeness (QED) is 0.412. The number of amides is 1. The number of rotatable bonds is 9. The summed E-state index contributed by atoms with van der Waals surface area (Å²) in [6.07, 6.45) is 9.64. The number of aromatic amines is 1. The van der Waals surface area contributed by atoms with Crippen LogP contribution in [-0.4, -0.2) is 35.0 Å². The normalized spacial score (nSPS) is 16.9. The Labute approximate surface area is 177 Å². The molecule has 1 amide bonds. The SMILES string of the molecule is NC(CCCNC1CCCc2cccnc21)C(=O)NCCc1c[nH]c2ccccc12. The Morgan fingerprint density at radius 3 is 3.07 bits per heavy atom. The van der Waals surface area contributed by atoms with Crippen LogP contribution in [0.5, 0.6) is 0 Å². The molecule has 1 aliphatic rings. The van der Waals surface area contributed by atoms with Gasteiger partial charge < -0.3 is 21.4 Å². The number of nitrogens with one attached hydrogen (secondary N) is 3. The van der Waals surface area contributed by atoms with Gasteiger partial charge in [0.15, 0.2) is 0 Å². The minimum Gasteiger partial charge on any atom is -0.361 e. The van der Waals surface area contributed by atoms with Gasteiger partial charge in [0, 0.05) is 35.9 Å². The van der Waals surface area contributed by atoms with Gasteiger partial charge in [-0.3, -0.25) is 9.78 Å². The van der Waals surface area contributed by atoms with Gasteiger partial charge in [-0.2, -0.15) is 0 Å². The van der Waals surface area contributed by atoms with E-state index in [9.17, 15) is 4.79 Å². The van der Waals surface area contributed by atoms with Gasteiger partial charge in [0.05, 0.1) is 11.7 Å². The molecule has 4 rings (SSSR count). The average molecular weight is 406 g/mol. The second-order valence-corrected chi connectivity index (χ2v) is 8.10. The number of hydrogen-bond acceptors (Lipinski definition) is 4. The standard InChI is InChI=1S/C24H31N5O/c25-20(9-5-13-26-22-11-3-6-17-7-4-14-27-23(17)22)24(30)28-15-12-18-16-29-21-10-2-1-8-19(18)21/h1-2,4,7-8,10,14,16,20,22,26,29H,3,5-6,9,11-13,15,25H2,(H,28,30). The predicted octanol–water partition coefficient (Wildman–Crippen LogP) is 3.00. The Morgan fingerprint density at radius 2 is 2.13 bits per heavy atom. The van der Waals surface area contributed by atoms with Gasteiger partial charge in [-0.15, -0.1) is 0 Å². The van der Waals surface area contributed by atoms with Crippen LogP contribution in [0.3, 0.4) is 0 Å². The zero-order valence-electron chi connectivity index (χ0n) is 17.4. The summed E-state index contributed by atoms with van der Waals surface area (Å²) in [5, 5.41) is 7.79. The summed E-state index contributed by atoms with van der Waals surface area (Å²) in [6, 6.07) is 12.2. The summed E-state index contributed by atoms with van der Waals surface area (Å²) in [7, 11) is 0. The maximum atomic E-state index is 12.3. The third-order valence-corrected chi connectivity index (χ3v) is 5.98. The van der Waals surface area contributed by atoms with E-state index in [1.165, 1.54) is 28.6 Å². The molecular weight excluding hydrogens is 374 g/mol. The summed E-state index contributed by atoms with van der Waals surface area (Å²) in [5.74, 6) is -0.0699. The molecule has 2 aromatic heterocycles. The van der Waals surface area contributed by atoms with Crippen LogP contribution in [0.4, 0.5) is 0 Å². The average Bonchev–Trinajstić information content (AvgIpc) is 3.19. The molecule has 1 aromatic carbocycles. The van der Waals surface area contributed by atoms with E-state index >= 15 is 0 Å². The van der Waals surface area contributed by atoms with Crippen LogP contribution in [0.25, 0.3) is 10.9 Å². The van der Waals surface area contributed by atoms with Gasteiger partial charge in [-0.25, -0.2) is 0 Å². The molecule has 0 fully saturated rings. The first-order chi connectivity index (χ1) is 14.7. The van der Waals surface area contributed by atoms with E-state index in [0.717, 1.165) is 37.7 Å². The van der Waals surface area contributed by atoms with E-state index in [2.05, 4.69) is 38.8 Å². The molecule has 158 valence electrons. The van der Waals surface area contributed by atoms with E-state index in [1.54, 1.807) is 0 Å². The van der Waals surface area contributed by atoms with Crippen LogP contribution in [0.15, 0.2) is 48.8 Å². The highest BCUT2D eigenvalue weighted by atomic mass is 16.2. The van der Waals surface area contributed by atoms with Crippen LogP contribution >= 0.6 is 0 Å². The molecule has 0 spiro atoms. The molecule has 5 N–H and O–H groups in total. The fraction of sp³-hybridized carbons (Fsp3) is 0.417. The van der Waals surface area contributed by atoms with Crippen molar-refractivity contribution in [2.75, 3.05) is 13.1 Å². The third kappa shape index (κ3) is 4.89. The van der Waals surface area contributed by atoms with Gasteiger partial charge in [0.2, 0.25) is 5.91 Å². The molecule has 6 nitrogen and oxygen atoms in total. The first-order valence-electron chi connectivity index (χ1n) is 11.0. The summed E-state index contributed by atoms with van der Waals surface area (Å²) in [5.41, 5.74) is 11.0. The van der Waals surface area contributed by atoms with E-state index in [0.29, 0.717) is 19.0 Å². The van der Waals surface area contributed by atoms with Gasteiger partial charge >= 0.3 is 0 Å². The summed E-state index contributed by atoms with van der Waals surface area (Å²) >= 11 is 0. The highest BCUT2D eigenvalue weighted by Gasteiger charge is 2.20. The van der Waals surface area contributed by atoms with Crippen molar-refractivity contribution < 1.29 is 4.79 Å². The minimum atomic E-state index is -0.466. The molecule has 3 aromatic rings. The van der Waals surface area contributed by atoms with Gasteiger partial charge in [0.1, 0.15) is 0 Å². The largest absolute Gasteiger partial charge is 0.361 e. The summed E-state index contributed by atoms with van der Waals surface area (Å²) in [4.78, 5) is 20.2. The van der Waals surface area contributed by atoms with Crippen molar-refractivity contribution in [1.29, 1.82) is 0 Å². The lowest BCUT2D eigenvalue weighted by molar-refractivity contribution is -0.122. The maximum Gasteiger partial charge on any atom is 0.236 e. The number of H-pyrrole nitrogens is 1. The van der Waals surface area contributed by atoms with Gasteiger partial charge in [-0.1, -0.05) is 24.3 Å². The summed E-state index contributed by atoms with van der Waals surface area (Å²) < 4.78 is 0. The van der Waals surface area contributed by atoms with Crippen molar-refractivity contribution in [3.05, 3.63) is 65.6 Å². The molecule has 0 saturated carbocycles. The van der Waals surface area contributed by atoms with Crippen molar-refractivity contribution in [2.24, 2.45) is 5.73 Å². The molecule has 0 saturated heterocycles. The van der Waals surface area contributed by atoms with Gasteiger partial charge in [0.25, 0.3) is 0 Å². The maximum absolute atomic E-state index is 12.3. The summed E-state index contributed by atoms with van der Waals surface area (Å²) in [6.45, 7) is 1.44. The lowest BCUT2D eigenvalue weighted by Gasteiger charge is -2.25. The highest BCUT2D eigenvalue weighted by Crippen LogP contribution is 2.27. The molecule has 2 heterocycles. The number of nitrogens with two attached hydrogens (primary N) is 1. The van der Waals surface area contributed by atoms with Crippen LogP contribution in [0, 0.1) is 0 Å². The number of aromatic nitrogens is 2. The van der Waals surface area contributed by atoms with E-state index < -0.39 is 6.04 Å². The van der Waals surface area contributed by atoms with Crippen molar-refractivity contribution in [2.45, 2.75) is 50.6 Å². The second kappa shape index (κ2) is 9.87. The van der Waals surface area contributed by atoms with Crippen LogP contribution in [-0.2, 0) is 17.6 Å². The van der Waals surface area contributed by atoms with E-state index in [4.69, 9.17) is 5.73 Å². The lowest BCUT2D eigenvalue weighted by Crippen LogP contribution is -2.41. The predicted molar refractivity (Wildman–Crippen MR) is 120 cm³/mol. The number of pyridine rings is 1. The highest BCUT2D eigenvalue weighted by molar-refractivity contribution is 5.83. The third-order valence-electron chi connectivity index (χ3n) is 5.98. The number of carbonyl (C=O) groups excluding carboxylic acids is 1. The first kappa shape index (κ1) is 20.6. The Hall–Kier alpha value is -2.70. The smallest absolute Gasteiger partial charge is 0.236 e. The van der Waals surface area contributed by atoms with Crippen LogP contribution in [0.1, 0.15) is 48.5 Å². The first-order valence-corrected chi connectivity index (χ1v) is 11.0. The zero-order valence-corrected chi connectivity index (χ0v) is 17.4. The van der Waals surface area contributed by atoms with Crippen LogP contribution < -0.4 is 16.4 Å². The topological polar surface area (TPSA) is 95.8 Å². The van der Waals surface area contributed by atoms with Crippen molar-refractivity contribution in [1.82, 2.24) is 20.6 Å². The number of para-hydroxylation sites is 1. The Kier molecular flexibility index (Phi) is 6.77. The fourth-order valence-electron chi connectivity index (χ4n) is 4.33. The number of hydrogen-bond donors (Lipinski definition) is 4. The molecule has 0 radical (unpaired) electrons. The molecule has 0 aliphatic heterocycles. The lowest BCUT2D eigenvalue weighted by atomic mass is 9.92. The van der Waals surface area contributed by atoms with Crippen LogP contribution in [0.2, 0.25) is 0 Å². The molecule has 0 bridgehead atoms. The van der Waals surface area contributed by atoms with Gasteiger partial charge in [-0.05, 0) is 68.3 Å². The molecule has 1 aliphatic carbocycles. The molecule has 6 heteroatoms. The zero-order chi connectivity index (χ0) is 20.8. The number of fused-ring (bicyclic) bond motifs is 2. The van der Waals surface area contributed by atoms with E-state index in [-0.39, 0.29) is 5.91 Å². The number of benzene rings is 1. The Balaban J connectivity index is 1.16. The minimum absolute atomic E-state index is 0.0699. The number of nitrogens with zero attached hydrogens (tertiary/aromatic N) is 1. The monoisotopic (exact) mass is 405 g/mol. The molecular formula is C24H31N5O.